The Balaban J connectivity index is 1.60. The Bertz CT molecular complexity index is 1460. The van der Waals surface area contributed by atoms with Crippen LogP contribution in [0.15, 0.2) is 61.1 Å². The molecular weight excluding hydrogens is 468 g/mol. The maximum Gasteiger partial charge on any atom is 0.411 e. The fourth-order valence-corrected chi connectivity index (χ4v) is 4.80. The molecule has 1 fully saturated rings. The number of hydrogen-bond acceptors (Lipinski definition) is 6. The van der Waals surface area contributed by atoms with E-state index in [1.54, 1.807) is 36.8 Å². The van der Waals surface area contributed by atoms with Gasteiger partial charge in [-0.25, -0.2) is 14.8 Å². The lowest BCUT2D eigenvalue weighted by Crippen LogP contribution is -2.34. The van der Waals surface area contributed by atoms with Crippen LogP contribution in [0.2, 0.25) is 0 Å². The maximum absolute atomic E-state index is 11.4. The number of fused-ring (bicyclic) bond motifs is 1. The van der Waals surface area contributed by atoms with Gasteiger partial charge in [-0.3, -0.25) is 9.30 Å². The lowest BCUT2D eigenvalue weighted by Gasteiger charge is -2.29. The molecule has 1 saturated heterocycles. The number of imidazole rings is 1. The summed E-state index contributed by atoms with van der Waals surface area (Å²) in [4.78, 5) is 24.2. The third kappa shape index (κ3) is 4.97. The first kappa shape index (κ1) is 24.3. The third-order valence-electron chi connectivity index (χ3n) is 6.82. The number of carbonyl (C=O) groups is 1. The first-order valence-electron chi connectivity index (χ1n) is 12.2. The van der Waals surface area contributed by atoms with Gasteiger partial charge in [0.25, 0.3) is 0 Å². The standard InChI is InChI=1S/C28H28N6O3/c1-32-13-3-4-20(16-32)17-37-27-24-15-30-18-34(24)26(22-9-11-23(12-10-22)33(2)28(35)36)25(31-27)21-7-5-19(14-29)6-8-21/h5-12,15,18,20H,3-4,13,16-17H2,1-2H3,(H,35,36)/t20-/m1/s1. The highest BCUT2D eigenvalue weighted by Gasteiger charge is 2.22. The maximum atomic E-state index is 11.4. The summed E-state index contributed by atoms with van der Waals surface area (Å²) >= 11 is 0. The van der Waals surface area contributed by atoms with Crippen molar-refractivity contribution in [3.05, 3.63) is 66.6 Å². The lowest BCUT2D eigenvalue weighted by molar-refractivity contribution is 0.148. The highest BCUT2D eigenvalue weighted by molar-refractivity contribution is 5.87. The highest BCUT2D eigenvalue weighted by atomic mass is 16.5. The molecule has 37 heavy (non-hydrogen) atoms. The SMILES string of the molecule is CN1CCC[C@@H](COc2nc(-c3ccc(C#N)cc3)c(-c3ccc(N(C)C(=O)O)cc3)n3cncc23)C1. The molecule has 3 heterocycles. The minimum absolute atomic E-state index is 0.431. The Kier molecular flexibility index (Phi) is 6.75. The normalized spacial score (nSPS) is 15.9. The molecule has 1 atom stereocenters. The van der Waals surface area contributed by atoms with Gasteiger partial charge >= 0.3 is 6.09 Å². The van der Waals surface area contributed by atoms with Crippen molar-refractivity contribution < 1.29 is 14.6 Å². The van der Waals surface area contributed by atoms with Crippen molar-refractivity contribution in [1.82, 2.24) is 19.3 Å². The molecule has 0 aliphatic carbocycles. The summed E-state index contributed by atoms with van der Waals surface area (Å²) in [6, 6.07) is 16.7. The summed E-state index contributed by atoms with van der Waals surface area (Å²) in [6.45, 7) is 2.67. The van der Waals surface area contributed by atoms with E-state index in [1.807, 2.05) is 28.7 Å². The molecule has 9 nitrogen and oxygen atoms in total. The van der Waals surface area contributed by atoms with Crippen LogP contribution in [0.3, 0.4) is 0 Å². The summed E-state index contributed by atoms with van der Waals surface area (Å²) in [5.74, 6) is 0.941. The van der Waals surface area contributed by atoms with Gasteiger partial charge in [-0.2, -0.15) is 5.26 Å². The van der Waals surface area contributed by atoms with E-state index < -0.39 is 6.09 Å². The van der Waals surface area contributed by atoms with Gasteiger partial charge in [0.1, 0.15) is 5.52 Å². The van der Waals surface area contributed by atoms with E-state index in [1.165, 1.54) is 7.05 Å². The van der Waals surface area contributed by atoms with Crippen LogP contribution in [-0.2, 0) is 0 Å². The largest absolute Gasteiger partial charge is 0.476 e. The van der Waals surface area contributed by atoms with E-state index in [0.717, 1.165) is 53.2 Å². The fraction of sp³-hybridized carbons (Fsp3) is 0.286. The van der Waals surface area contributed by atoms with Gasteiger partial charge in [0, 0.05) is 36.3 Å². The smallest absolute Gasteiger partial charge is 0.411 e. The van der Waals surface area contributed by atoms with Crippen molar-refractivity contribution in [3.63, 3.8) is 0 Å². The highest BCUT2D eigenvalue weighted by Crippen LogP contribution is 2.36. The molecule has 9 heteroatoms. The van der Waals surface area contributed by atoms with Crippen molar-refractivity contribution in [2.45, 2.75) is 12.8 Å². The fourth-order valence-electron chi connectivity index (χ4n) is 4.80. The second-order valence-electron chi connectivity index (χ2n) is 9.42. The minimum Gasteiger partial charge on any atom is -0.476 e. The van der Waals surface area contributed by atoms with E-state index in [4.69, 9.17) is 9.72 Å². The van der Waals surface area contributed by atoms with Crippen LogP contribution in [0.4, 0.5) is 10.5 Å². The van der Waals surface area contributed by atoms with E-state index in [0.29, 0.717) is 35.3 Å². The molecule has 4 aromatic rings. The number of carboxylic acid groups (broad SMARTS) is 1. The zero-order chi connectivity index (χ0) is 25.9. The van der Waals surface area contributed by atoms with Gasteiger partial charge < -0.3 is 14.7 Å². The van der Waals surface area contributed by atoms with Crippen LogP contribution >= 0.6 is 0 Å². The average Bonchev–Trinajstić information content (AvgIpc) is 3.41. The van der Waals surface area contributed by atoms with Gasteiger partial charge in [-0.05, 0) is 50.7 Å². The molecule has 0 unspecified atom stereocenters. The predicted molar refractivity (Wildman–Crippen MR) is 141 cm³/mol. The van der Waals surface area contributed by atoms with Crippen LogP contribution < -0.4 is 9.64 Å². The van der Waals surface area contributed by atoms with Gasteiger partial charge in [0.05, 0.1) is 42.2 Å². The third-order valence-corrected chi connectivity index (χ3v) is 6.82. The number of aromatic nitrogens is 3. The number of likely N-dealkylation sites (tertiary alicyclic amines) is 1. The molecule has 1 aliphatic rings. The molecule has 2 aromatic carbocycles. The second-order valence-corrected chi connectivity index (χ2v) is 9.42. The summed E-state index contributed by atoms with van der Waals surface area (Å²) in [7, 11) is 3.64. The number of piperidine rings is 1. The Morgan fingerprint density at radius 1 is 1.19 bits per heavy atom. The van der Waals surface area contributed by atoms with Crippen LogP contribution in [-0.4, -0.2) is 64.3 Å². The second kappa shape index (κ2) is 10.3. The number of rotatable bonds is 6. The Labute approximate surface area is 215 Å². The van der Waals surface area contributed by atoms with Gasteiger partial charge in [-0.1, -0.05) is 24.3 Å². The number of ether oxygens (including phenoxy) is 1. The van der Waals surface area contributed by atoms with Crippen molar-refractivity contribution in [3.8, 4) is 34.5 Å². The van der Waals surface area contributed by atoms with E-state index in [2.05, 4.69) is 23.0 Å². The number of benzene rings is 2. The van der Waals surface area contributed by atoms with Crippen LogP contribution in [0, 0.1) is 17.2 Å². The quantitative estimate of drug-likeness (QED) is 0.410. The van der Waals surface area contributed by atoms with Gasteiger partial charge in [0.15, 0.2) is 0 Å². The molecule has 0 spiro atoms. The zero-order valence-electron chi connectivity index (χ0n) is 20.8. The van der Waals surface area contributed by atoms with E-state index in [-0.39, 0.29) is 0 Å². The Hall–Kier alpha value is -4.42. The first-order chi connectivity index (χ1) is 17.9. The molecule has 1 aliphatic heterocycles. The Morgan fingerprint density at radius 2 is 1.92 bits per heavy atom. The summed E-state index contributed by atoms with van der Waals surface area (Å²) in [6.07, 6.45) is 4.72. The topological polar surface area (TPSA) is 107 Å². The molecule has 1 amide bonds. The molecule has 1 N–H and O–H groups in total. The molecule has 188 valence electrons. The average molecular weight is 497 g/mol. The number of nitrogens with zero attached hydrogens (tertiary/aromatic N) is 6. The summed E-state index contributed by atoms with van der Waals surface area (Å²) < 4.78 is 8.27. The summed E-state index contributed by atoms with van der Waals surface area (Å²) in [5.41, 5.74) is 5.03. The van der Waals surface area contributed by atoms with Crippen molar-refractivity contribution >= 4 is 17.3 Å². The molecule has 0 bridgehead atoms. The zero-order valence-corrected chi connectivity index (χ0v) is 20.8. The molecule has 2 aromatic heterocycles. The number of hydrogen-bond donors (Lipinski definition) is 1. The van der Waals surface area contributed by atoms with Gasteiger partial charge in [0.2, 0.25) is 5.88 Å². The number of nitriles is 1. The molecular formula is C28H28N6O3. The Morgan fingerprint density at radius 3 is 2.59 bits per heavy atom. The monoisotopic (exact) mass is 496 g/mol. The summed E-state index contributed by atoms with van der Waals surface area (Å²) in [5, 5.41) is 18.6. The minimum atomic E-state index is -1.03. The number of anilines is 1. The van der Waals surface area contributed by atoms with Crippen LogP contribution in [0.5, 0.6) is 5.88 Å². The van der Waals surface area contributed by atoms with Crippen molar-refractivity contribution in [2.75, 3.05) is 38.7 Å². The number of amides is 1. The van der Waals surface area contributed by atoms with E-state index in [9.17, 15) is 15.2 Å². The molecule has 0 saturated carbocycles. The molecule has 0 radical (unpaired) electrons. The first-order valence-corrected chi connectivity index (χ1v) is 12.2. The molecule has 5 rings (SSSR count). The van der Waals surface area contributed by atoms with Crippen molar-refractivity contribution in [1.29, 1.82) is 5.26 Å². The van der Waals surface area contributed by atoms with Crippen molar-refractivity contribution in [2.24, 2.45) is 5.92 Å². The van der Waals surface area contributed by atoms with Crippen LogP contribution in [0.25, 0.3) is 28.0 Å². The van der Waals surface area contributed by atoms with Gasteiger partial charge in [-0.15, -0.1) is 0 Å². The lowest BCUT2D eigenvalue weighted by atomic mass is 10.00. The predicted octanol–water partition coefficient (Wildman–Crippen LogP) is 4.77. The van der Waals surface area contributed by atoms with E-state index >= 15 is 0 Å². The van der Waals surface area contributed by atoms with Crippen LogP contribution in [0.1, 0.15) is 18.4 Å².